The molecule has 6 N–H and O–H groups in total. The van der Waals surface area contributed by atoms with E-state index >= 15 is 0 Å². The summed E-state index contributed by atoms with van der Waals surface area (Å²) in [6.45, 7) is 5.63. The average Bonchev–Trinajstić information content (AvgIpc) is 2.49. The van der Waals surface area contributed by atoms with E-state index in [4.69, 9.17) is 10.2 Å². The van der Waals surface area contributed by atoms with E-state index in [1.807, 2.05) is 0 Å². The van der Waals surface area contributed by atoms with Gasteiger partial charge in [0.15, 0.2) is 0 Å². The van der Waals surface area contributed by atoms with E-state index in [0.717, 1.165) is 0 Å². The van der Waals surface area contributed by atoms with E-state index in [9.17, 15) is 20.4 Å². The molecule has 0 aliphatic carbocycles. The van der Waals surface area contributed by atoms with Crippen LogP contribution in [0.5, 0.6) is 0 Å². The molecule has 0 aromatic heterocycles. The summed E-state index contributed by atoms with van der Waals surface area (Å²) in [5.74, 6) is 0. The van der Waals surface area contributed by atoms with Crippen LogP contribution >= 0.6 is 0 Å². The Bertz CT molecular complexity index is 287. The Labute approximate surface area is 120 Å². The van der Waals surface area contributed by atoms with Gasteiger partial charge in [-0.25, -0.2) is 0 Å². The highest BCUT2D eigenvalue weighted by atomic mass is 16.4. The maximum absolute atomic E-state index is 10.7. The summed E-state index contributed by atoms with van der Waals surface area (Å²) in [6.07, 6.45) is -4.31. The molecule has 0 spiro atoms. The molecule has 20 heavy (non-hydrogen) atoms. The van der Waals surface area contributed by atoms with Crippen LogP contribution < -0.4 is 0 Å². The molecule has 6 unspecified atom stereocenters. The van der Waals surface area contributed by atoms with E-state index in [1.165, 1.54) is 0 Å². The zero-order valence-electron chi connectivity index (χ0n) is 12.8. The first-order chi connectivity index (χ1) is 9.15. The zero-order chi connectivity index (χ0) is 16.1. The summed E-state index contributed by atoms with van der Waals surface area (Å²) in [5, 5.41) is 58.7. The third kappa shape index (κ3) is 3.50. The maximum Gasteiger partial charge on any atom is 0.103 e. The SMILES string of the molecule is CCC(C)(C(O)CO)C(O)C(C)(CC)C(O)C(O)CO. The zero-order valence-corrected chi connectivity index (χ0v) is 12.8. The summed E-state index contributed by atoms with van der Waals surface area (Å²) in [4.78, 5) is 0. The maximum atomic E-state index is 10.7. The summed E-state index contributed by atoms with van der Waals surface area (Å²) >= 11 is 0. The predicted octanol–water partition coefficient (Wildman–Crippen LogP) is -0.753. The summed E-state index contributed by atoms with van der Waals surface area (Å²) in [6, 6.07) is 0. The van der Waals surface area contributed by atoms with Gasteiger partial charge >= 0.3 is 0 Å². The van der Waals surface area contributed by atoms with Crippen LogP contribution in [0, 0.1) is 10.8 Å². The summed E-state index contributed by atoms with van der Waals surface area (Å²) < 4.78 is 0. The predicted molar refractivity (Wildman–Crippen MR) is 75.0 cm³/mol. The molecule has 0 aliphatic rings. The van der Waals surface area contributed by atoms with Gasteiger partial charge in [-0.2, -0.15) is 0 Å². The fraction of sp³-hybridized carbons (Fsp3) is 1.00. The second-order valence-corrected chi connectivity index (χ2v) is 6.01. The van der Waals surface area contributed by atoms with Gasteiger partial charge in [-0.05, 0) is 12.8 Å². The highest BCUT2D eigenvalue weighted by Crippen LogP contribution is 2.44. The van der Waals surface area contributed by atoms with E-state index in [1.54, 1.807) is 27.7 Å². The van der Waals surface area contributed by atoms with Gasteiger partial charge in [0, 0.05) is 10.8 Å². The van der Waals surface area contributed by atoms with Crippen LogP contribution in [-0.4, -0.2) is 68.3 Å². The van der Waals surface area contributed by atoms with Gasteiger partial charge in [-0.1, -0.05) is 27.7 Å². The van der Waals surface area contributed by atoms with Crippen molar-refractivity contribution in [2.75, 3.05) is 13.2 Å². The van der Waals surface area contributed by atoms with Crippen LogP contribution in [0.1, 0.15) is 40.5 Å². The fourth-order valence-electron chi connectivity index (χ4n) is 2.68. The molecule has 0 amide bonds. The Balaban J connectivity index is 5.51. The second kappa shape index (κ2) is 7.68. The highest BCUT2D eigenvalue weighted by molar-refractivity contribution is 5.00. The van der Waals surface area contributed by atoms with Crippen LogP contribution in [0.2, 0.25) is 0 Å². The topological polar surface area (TPSA) is 121 Å². The lowest BCUT2D eigenvalue weighted by Gasteiger charge is -2.49. The lowest BCUT2D eigenvalue weighted by atomic mass is 9.62. The average molecular weight is 294 g/mol. The van der Waals surface area contributed by atoms with Gasteiger partial charge in [0.1, 0.15) is 6.10 Å². The fourth-order valence-corrected chi connectivity index (χ4v) is 2.68. The van der Waals surface area contributed by atoms with Gasteiger partial charge in [-0.3, -0.25) is 0 Å². The van der Waals surface area contributed by atoms with Crippen molar-refractivity contribution in [2.24, 2.45) is 10.8 Å². The molecule has 0 aliphatic heterocycles. The van der Waals surface area contributed by atoms with Crippen LogP contribution in [0.3, 0.4) is 0 Å². The minimum absolute atomic E-state index is 0.333. The molecule has 0 heterocycles. The normalized spacial score (nSPS) is 24.3. The Morgan fingerprint density at radius 2 is 1.25 bits per heavy atom. The summed E-state index contributed by atoms with van der Waals surface area (Å²) in [7, 11) is 0. The molecule has 0 saturated carbocycles. The molecule has 0 aromatic carbocycles. The van der Waals surface area contributed by atoms with Crippen LogP contribution in [-0.2, 0) is 0 Å². The molecule has 0 radical (unpaired) electrons. The first kappa shape index (κ1) is 19.8. The first-order valence-electron chi connectivity index (χ1n) is 7.09. The number of rotatable bonds is 9. The minimum atomic E-state index is -1.37. The molecule has 6 heteroatoms. The lowest BCUT2D eigenvalue weighted by Crippen LogP contribution is -2.58. The molecule has 122 valence electrons. The van der Waals surface area contributed by atoms with Crippen LogP contribution in [0.15, 0.2) is 0 Å². The molecule has 0 fully saturated rings. The number of aliphatic hydroxyl groups excluding tert-OH is 6. The van der Waals surface area contributed by atoms with E-state index in [-0.39, 0.29) is 0 Å². The van der Waals surface area contributed by atoms with Gasteiger partial charge in [-0.15, -0.1) is 0 Å². The van der Waals surface area contributed by atoms with Crippen molar-refractivity contribution in [1.82, 2.24) is 0 Å². The molecule has 0 saturated heterocycles. The smallest absolute Gasteiger partial charge is 0.103 e. The Morgan fingerprint density at radius 3 is 1.55 bits per heavy atom. The van der Waals surface area contributed by atoms with Crippen molar-refractivity contribution in [3.63, 3.8) is 0 Å². The molecular formula is C14H30O6. The monoisotopic (exact) mass is 294 g/mol. The highest BCUT2D eigenvalue weighted by Gasteiger charge is 2.51. The molecule has 6 atom stereocenters. The van der Waals surface area contributed by atoms with Crippen molar-refractivity contribution < 1.29 is 30.6 Å². The number of aliphatic hydroxyl groups is 6. The van der Waals surface area contributed by atoms with Crippen LogP contribution in [0.4, 0.5) is 0 Å². The molecule has 0 rings (SSSR count). The van der Waals surface area contributed by atoms with Crippen molar-refractivity contribution in [3.8, 4) is 0 Å². The first-order valence-corrected chi connectivity index (χ1v) is 7.09. The molecule has 0 aromatic rings. The molecular weight excluding hydrogens is 264 g/mol. The van der Waals surface area contributed by atoms with Gasteiger partial charge < -0.3 is 30.6 Å². The van der Waals surface area contributed by atoms with E-state index in [2.05, 4.69) is 0 Å². The van der Waals surface area contributed by atoms with Crippen molar-refractivity contribution in [2.45, 2.75) is 65.0 Å². The number of hydrogen-bond acceptors (Lipinski definition) is 6. The second-order valence-electron chi connectivity index (χ2n) is 6.01. The summed E-state index contributed by atoms with van der Waals surface area (Å²) in [5.41, 5.74) is -2.15. The third-order valence-corrected chi connectivity index (χ3v) is 4.93. The van der Waals surface area contributed by atoms with Crippen LogP contribution in [0.25, 0.3) is 0 Å². The van der Waals surface area contributed by atoms with Gasteiger partial charge in [0.2, 0.25) is 0 Å². The third-order valence-electron chi connectivity index (χ3n) is 4.93. The number of hydrogen-bond donors (Lipinski definition) is 6. The largest absolute Gasteiger partial charge is 0.394 e. The van der Waals surface area contributed by atoms with Gasteiger partial charge in [0.25, 0.3) is 0 Å². The van der Waals surface area contributed by atoms with E-state index < -0.39 is 48.5 Å². The Hall–Kier alpha value is -0.240. The molecule has 0 bridgehead atoms. The van der Waals surface area contributed by atoms with Crippen molar-refractivity contribution >= 4 is 0 Å². The minimum Gasteiger partial charge on any atom is -0.394 e. The van der Waals surface area contributed by atoms with Crippen molar-refractivity contribution in [1.29, 1.82) is 0 Å². The Morgan fingerprint density at radius 1 is 0.800 bits per heavy atom. The van der Waals surface area contributed by atoms with E-state index in [0.29, 0.717) is 12.8 Å². The molecule has 6 nitrogen and oxygen atoms in total. The quantitative estimate of drug-likeness (QED) is 0.333. The van der Waals surface area contributed by atoms with Crippen molar-refractivity contribution in [3.05, 3.63) is 0 Å². The standard InChI is InChI=1S/C14H30O6/c1-5-13(3,10(18)8-16)12(20)14(4,6-2)11(19)9(17)7-15/h9-12,15-20H,5-8H2,1-4H3. The Kier molecular flexibility index (Phi) is 7.59. The lowest BCUT2D eigenvalue weighted by molar-refractivity contribution is -0.182. The van der Waals surface area contributed by atoms with Gasteiger partial charge in [0.05, 0.1) is 31.5 Å².